The van der Waals surface area contributed by atoms with E-state index in [1.807, 2.05) is 43.8 Å². The summed E-state index contributed by atoms with van der Waals surface area (Å²) >= 11 is 1.85. The summed E-state index contributed by atoms with van der Waals surface area (Å²) in [5, 5.41) is 2.81. The summed E-state index contributed by atoms with van der Waals surface area (Å²) in [5.41, 5.74) is 3.00. The number of sulfonamides is 1. The maximum atomic E-state index is 13.6. The third-order valence-corrected chi connectivity index (χ3v) is 9.75. The average molecular weight is 461 g/mol. The Kier molecular flexibility index (Phi) is 5.96. The Labute approximate surface area is 188 Å². The van der Waals surface area contributed by atoms with Gasteiger partial charge in [-0.05, 0) is 69.0 Å². The van der Waals surface area contributed by atoms with E-state index in [9.17, 15) is 13.2 Å². The van der Waals surface area contributed by atoms with Crippen LogP contribution in [0.4, 0.5) is 11.4 Å². The third kappa shape index (κ3) is 4.03. The number of nitrogens with one attached hydrogen (secondary N) is 1. The number of hydrogen-bond donors (Lipinski definition) is 1. The van der Waals surface area contributed by atoms with Gasteiger partial charge in [-0.15, -0.1) is 0 Å². The van der Waals surface area contributed by atoms with Crippen LogP contribution < -0.4 is 14.4 Å². The number of rotatable bonds is 5. The molecule has 1 atom stereocenters. The molecule has 8 heteroatoms. The van der Waals surface area contributed by atoms with Crippen molar-refractivity contribution in [1.29, 1.82) is 0 Å². The zero-order valence-corrected chi connectivity index (χ0v) is 19.7. The topological polar surface area (TPSA) is 75.7 Å². The van der Waals surface area contributed by atoms with Crippen LogP contribution in [-0.2, 0) is 14.8 Å². The van der Waals surface area contributed by atoms with Gasteiger partial charge in [0.25, 0.3) is 0 Å². The van der Waals surface area contributed by atoms with Gasteiger partial charge in [-0.25, -0.2) is 8.42 Å². The number of anilines is 2. The van der Waals surface area contributed by atoms with Gasteiger partial charge in [-0.1, -0.05) is 18.2 Å². The minimum atomic E-state index is -3.91. The van der Waals surface area contributed by atoms with Crippen molar-refractivity contribution in [2.24, 2.45) is 0 Å². The Balaban J connectivity index is 1.55. The third-order valence-electron chi connectivity index (χ3n) is 6.07. The number of amides is 1. The maximum Gasteiger partial charge on any atom is 0.249 e. The molecule has 1 N–H and O–H groups in total. The smallest absolute Gasteiger partial charge is 0.249 e. The van der Waals surface area contributed by atoms with Crippen LogP contribution in [0.2, 0.25) is 0 Å². The lowest BCUT2D eigenvalue weighted by molar-refractivity contribution is -0.118. The number of carbonyl (C=O) groups excluding carboxylic acids is 1. The first-order chi connectivity index (χ1) is 14.7. The summed E-state index contributed by atoms with van der Waals surface area (Å²) in [6.45, 7) is 5.71. The van der Waals surface area contributed by atoms with Crippen molar-refractivity contribution in [3.8, 4) is 5.75 Å². The van der Waals surface area contributed by atoms with Crippen LogP contribution in [-0.4, -0.2) is 43.2 Å². The summed E-state index contributed by atoms with van der Waals surface area (Å²) in [6.07, 6.45) is 1.14. The maximum absolute atomic E-state index is 13.6. The minimum absolute atomic E-state index is 0.243. The van der Waals surface area contributed by atoms with Crippen LogP contribution in [0.3, 0.4) is 0 Å². The summed E-state index contributed by atoms with van der Waals surface area (Å²) in [4.78, 5) is 13.2. The Hall–Kier alpha value is -2.19. The molecule has 0 radical (unpaired) electrons. The molecule has 2 fully saturated rings. The first kappa shape index (κ1) is 22.0. The Bertz CT molecular complexity index is 1060. The molecule has 0 unspecified atom stereocenters. The molecule has 31 heavy (non-hydrogen) atoms. The highest BCUT2D eigenvalue weighted by Gasteiger charge is 2.52. The number of carbonyl (C=O) groups is 1. The monoisotopic (exact) mass is 460 g/mol. The SMILES string of the molecule is Cc1cccc(C)c1N1CCC[C@@](C)(C(=O)Nc2ccc(OC3CSC3)cc2)S1(=O)=O. The molecule has 2 aliphatic heterocycles. The second kappa shape index (κ2) is 8.39. The Morgan fingerprint density at radius 1 is 1.13 bits per heavy atom. The van der Waals surface area contributed by atoms with E-state index < -0.39 is 20.7 Å². The predicted octanol–water partition coefficient (Wildman–Crippen LogP) is 4.13. The van der Waals surface area contributed by atoms with Gasteiger partial charge in [0.1, 0.15) is 11.9 Å². The molecule has 6 nitrogen and oxygen atoms in total. The van der Waals surface area contributed by atoms with E-state index in [0.717, 1.165) is 28.4 Å². The number of ether oxygens (including phenoxy) is 1. The highest BCUT2D eigenvalue weighted by molar-refractivity contribution is 8.00. The standard InChI is InChI=1S/C23H28N2O4S2/c1-16-6-4-7-17(2)21(16)25-13-5-12-23(3,31(25,27)28)22(26)24-18-8-10-19(11-9-18)29-20-14-30-15-20/h4,6-11,20H,5,12-15H2,1-3H3,(H,24,26)/t23-/m0/s1. The highest BCUT2D eigenvalue weighted by atomic mass is 32.2. The fourth-order valence-electron chi connectivity index (χ4n) is 4.07. The van der Waals surface area contributed by atoms with Crippen molar-refractivity contribution in [1.82, 2.24) is 0 Å². The van der Waals surface area contributed by atoms with Crippen LogP contribution in [0.15, 0.2) is 42.5 Å². The molecule has 2 saturated heterocycles. The minimum Gasteiger partial charge on any atom is -0.489 e. The van der Waals surface area contributed by atoms with E-state index in [-0.39, 0.29) is 12.5 Å². The van der Waals surface area contributed by atoms with Gasteiger partial charge in [0.15, 0.2) is 4.75 Å². The summed E-state index contributed by atoms with van der Waals surface area (Å²) in [5.74, 6) is 2.23. The van der Waals surface area contributed by atoms with Gasteiger partial charge in [0.05, 0.1) is 5.69 Å². The molecule has 4 rings (SSSR count). The highest BCUT2D eigenvalue weighted by Crippen LogP contribution is 2.39. The van der Waals surface area contributed by atoms with Crippen molar-refractivity contribution >= 4 is 39.1 Å². The number of benzene rings is 2. The van der Waals surface area contributed by atoms with Crippen LogP contribution in [0.5, 0.6) is 5.75 Å². The lowest BCUT2D eigenvalue weighted by atomic mass is 10.0. The molecule has 2 heterocycles. The molecule has 0 spiro atoms. The van der Waals surface area contributed by atoms with Crippen molar-refractivity contribution in [3.05, 3.63) is 53.6 Å². The molecule has 0 aromatic heterocycles. The number of para-hydroxylation sites is 1. The largest absolute Gasteiger partial charge is 0.489 e. The summed E-state index contributed by atoms with van der Waals surface area (Å²) in [7, 11) is -3.91. The molecule has 0 aliphatic carbocycles. The van der Waals surface area contributed by atoms with Crippen LogP contribution in [0.1, 0.15) is 30.9 Å². The molecule has 0 saturated carbocycles. The average Bonchev–Trinajstić information content (AvgIpc) is 2.69. The molecule has 2 aromatic carbocycles. The number of hydrogen-bond acceptors (Lipinski definition) is 5. The van der Waals surface area contributed by atoms with Gasteiger partial charge >= 0.3 is 0 Å². The van der Waals surface area contributed by atoms with Gasteiger partial charge in [0.2, 0.25) is 15.9 Å². The van der Waals surface area contributed by atoms with Crippen molar-refractivity contribution in [2.45, 2.75) is 44.5 Å². The zero-order chi connectivity index (χ0) is 22.2. The molecule has 1 amide bonds. The van der Waals surface area contributed by atoms with Gasteiger partial charge < -0.3 is 10.1 Å². The second-order valence-electron chi connectivity index (χ2n) is 8.41. The molecule has 0 bridgehead atoms. The van der Waals surface area contributed by atoms with E-state index in [4.69, 9.17) is 4.74 Å². The molecular formula is C23H28N2O4S2. The van der Waals surface area contributed by atoms with Crippen LogP contribution in [0.25, 0.3) is 0 Å². The first-order valence-corrected chi connectivity index (χ1v) is 13.1. The quantitative estimate of drug-likeness (QED) is 0.726. The number of aryl methyl sites for hydroxylation is 2. The molecular weight excluding hydrogens is 432 g/mol. The molecule has 2 aliphatic rings. The van der Waals surface area contributed by atoms with E-state index >= 15 is 0 Å². The summed E-state index contributed by atoms with van der Waals surface area (Å²) < 4.78 is 33.0. The predicted molar refractivity (Wildman–Crippen MR) is 127 cm³/mol. The first-order valence-electron chi connectivity index (χ1n) is 10.5. The van der Waals surface area contributed by atoms with E-state index in [1.54, 1.807) is 24.3 Å². The zero-order valence-electron chi connectivity index (χ0n) is 18.1. The van der Waals surface area contributed by atoms with Gasteiger partial charge in [0, 0.05) is 23.7 Å². The van der Waals surface area contributed by atoms with Gasteiger partial charge in [-0.2, -0.15) is 11.8 Å². The lowest BCUT2D eigenvalue weighted by Gasteiger charge is -2.40. The second-order valence-corrected chi connectivity index (χ2v) is 11.8. The molecule has 2 aromatic rings. The lowest BCUT2D eigenvalue weighted by Crippen LogP contribution is -2.57. The summed E-state index contributed by atoms with van der Waals surface area (Å²) in [6, 6.07) is 12.8. The fraction of sp³-hybridized carbons (Fsp3) is 0.435. The van der Waals surface area contributed by atoms with Crippen molar-refractivity contribution < 1.29 is 17.9 Å². The van der Waals surface area contributed by atoms with Crippen LogP contribution >= 0.6 is 11.8 Å². The van der Waals surface area contributed by atoms with E-state index in [0.29, 0.717) is 24.3 Å². The Morgan fingerprint density at radius 2 is 1.77 bits per heavy atom. The van der Waals surface area contributed by atoms with E-state index in [2.05, 4.69) is 5.32 Å². The van der Waals surface area contributed by atoms with Gasteiger partial charge in [-0.3, -0.25) is 9.10 Å². The number of nitrogens with zero attached hydrogens (tertiary/aromatic N) is 1. The van der Waals surface area contributed by atoms with E-state index in [1.165, 1.54) is 11.2 Å². The Morgan fingerprint density at radius 3 is 2.35 bits per heavy atom. The normalized spacial score (nSPS) is 23.1. The molecule has 166 valence electrons. The fourth-order valence-corrected chi connectivity index (χ4v) is 6.70. The number of thioether (sulfide) groups is 1. The van der Waals surface area contributed by atoms with Crippen molar-refractivity contribution in [2.75, 3.05) is 27.7 Å². The van der Waals surface area contributed by atoms with Crippen LogP contribution in [0, 0.1) is 13.8 Å². The van der Waals surface area contributed by atoms with Crippen molar-refractivity contribution in [3.63, 3.8) is 0 Å².